The fourth-order valence-electron chi connectivity index (χ4n) is 1.19. The second-order valence-electron chi connectivity index (χ2n) is 3.09. The van der Waals surface area contributed by atoms with Crippen LogP contribution in [0.3, 0.4) is 0 Å². The summed E-state index contributed by atoms with van der Waals surface area (Å²) in [5.74, 6) is -0.161. The van der Waals surface area contributed by atoms with Crippen LogP contribution >= 0.6 is 0 Å². The predicted octanol–water partition coefficient (Wildman–Crippen LogP) is 4.24. The van der Waals surface area contributed by atoms with Crippen molar-refractivity contribution in [2.45, 2.75) is 40.5 Å². The van der Waals surface area contributed by atoms with E-state index in [1.807, 2.05) is 26.0 Å². The molecule has 15 heavy (non-hydrogen) atoms. The molecule has 0 bridgehead atoms. The van der Waals surface area contributed by atoms with Crippen molar-refractivity contribution in [3.05, 3.63) is 29.6 Å². The Morgan fingerprint density at radius 1 is 1.20 bits per heavy atom. The van der Waals surface area contributed by atoms with Crippen LogP contribution in [0.2, 0.25) is 0 Å². The first-order valence-corrected chi connectivity index (χ1v) is 5.80. The van der Waals surface area contributed by atoms with Gasteiger partial charge in [0, 0.05) is 6.54 Å². The number of rotatable bonds is 4. The Labute approximate surface area is 92.7 Å². The lowest BCUT2D eigenvalue weighted by Gasteiger charge is -2.07. The van der Waals surface area contributed by atoms with Gasteiger partial charge in [0.15, 0.2) is 0 Å². The van der Waals surface area contributed by atoms with Crippen LogP contribution in [0.25, 0.3) is 0 Å². The monoisotopic (exact) mass is 211 g/mol. The van der Waals surface area contributed by atoms with Crippen molar-refractivity contribution in [1.29, 1.82) is 0 Å². The highest BCUT2D eigenvalue weighted by Gasteiger charge is 2.00. The van der Waals surface area contributed by atoms with Crippen molar-refractivity contribution in [3.8, 4) is 0 Å². The lowest BCUT2D eigenvalue weighted by molar-refractivity contribution is 0.629. The summed E-state index contributed by atoms with van der Waals surface area (Å²) in [5.41, 5.74) is 1.79. The number of benzene rings is 1. The summed E-state index contributed by atoms with van der Waals surface area (Å²) >= 11 is 0. The molecule has 0 saturated carbocycles. The Morgan fingerprint density at radius 3 is 2.40 bits per heavy atom. The molecule has 1 nitrogen and oxygen atoms in total. The van der Waals surface area contributed by atoms with Gasteiger partial charge in [-0.25, -0.2) is 4.39 Å². The molecular weight excluding hydrogens is 189 g/mol. The number of nitrogens with one attached hydrogen (secondary N) is 1. The van der Waals surface area contributed by atoms with E-state index < -0.39 is 0 Å². The molecule has 0 radical (unpaired) electrons. The summed E-state index contributed by atoms with van der Waals surface area (Å²) in [5, 5.41) is 3.06. The quantitative estimate of drug-likeness (QED) is 0.785. The van der Waals surface area contributed by atoms with E-state index >= 15 is 0 Å². The van der Waals surface area contributed by atoms with E-state index in [1.54, 1.807) is 0 Å². The molecule has 0 amide bonds. The van der Waals surface area contributed by atoms with Gasteiger partial charge >= 0.3 is 0 Å². The van der Waals surface area contributed by atoms with Gasteiger partial charge in [0.05, 0.1) is 5.69 Å². The van der Waals surface area contributed by atoms with Gasteiger partial charge in [0.2, 0.25) is 0 Å². The normalized spacial score (nSPS) is 9.13. The molecule has 1 aromatic carbocycles. The molecule has 0 fully saturated rings. The summed E-state index contributed by atoms with van der Waals surface area (Å²) in [6.07, 6.45) is 1.96. The van der Waals surface area contributed by atoms with Crippen LogP contribution in [-0.4, -0.2) is 6.54 Å². The maximum absolute atomic E-state index is 13.2. The van der Waals surface area contributed by atoms with Crippen LogP contribution in [0.4, 0.5) is 10.1 Å². The molecule has 0 aliphatic carbocycles. The van der Waals surface area contributed by atoms with E-state index in [0.717, 1.165) is 19.4 Å². The SMILES string of the molecule is CC.CCCNc1cc(CC)ccc1F. The Hall–Kier alpha value is -1.05. The Bertz CT molecular complexity index is 271. The van der Waals surface area contributed by atoms with Crippen molar-refractivity contribution in [2.24, 2.45) is 0 Å². The minimum Gasteiger partial charge on any atom is -0.383 e. The van der Waals surface area contributed by atoms with Gasteiger partial charge in [0.25, 0.3) is 0 Å². The minimum absolute atomic E-state index is 0.161. The molecule has 1 rings (SSSR count). The predicted molar refractivity (Wildman–Crippen MR) is 65.9 cm³/mol. The number of aryl methyl sites for hydroxylation is 1. The van der Waals surface area contributed by atoms with Crippen LogP contribution in [0.5, 0.6) is 0 Å². The summed E-state index contributed by atoms with van der Waals surface area (Å²) in [6.45, 7) is 8.95. The number of halogens is 1. The topological polar surface area (TPSA) is 12.0 Å². The van der Waals surface area contributed by atoms with Crippen LogP contribution in [0.15, 0.2) is 18.2 Å². The number of anilines is 1. The van der Waals surface area contributed by atoms with Gasteiger partial charge in [-0.1, -0.05) is 33.8 Å². The van der Waals surface area contributed by atoms with Gasteiger partial charge in [-0.05, 0) is 30.5 Å². The zero-order valence-electron chi connectivity index (χ0n) is 10.2. The van der Waals surface area contributed by atoms with E-state index in [-0.39, 0.29) is 5.82 Å². The van der Waals surface area contributed by atoms with Crippen LogP contribution in [0, 0.1) is 5.82 Å². The van der Waals surface area contributed by atoms with Crippen molar-refractivity contribution >= 4 is 5.69 Å². The van der Waals surface area contributed by atoms with E-state index in [9.17, 15) is 4.39 Å². The molecule has 1 N–H and O–H groups in total. The van der Waals surface area contributed by atoms with Crippen LogP contribution < -0.4 is 5.32 Å². The molecule has 2 heteroatoms. The van der Waals surface area contributed by atoms with Crippen LogP contribution in [0.1, 0.15) is 39.7 Å². The second-order valence-corrected chi connectivity index (χ2v) is 3.09. The second kappa shape index (κ2) is 8.27. The largest absolute Gasteiger partial charge is 0.383 e. The molecule has 1 aromatic rings. The Balaban J connectivity index is 0.000000921. The van der Waals surface area contributed by atoms with E-state index in [1.165, 1.54) is 11.6 Å². The lowest BCUT2D eigenvalue weighted by Crippen LogP contribution is -2.02. The third-order valence-electron chi connectivity index (χ3n) is 2.00. The summed E-state index contributed by atoms with van der Waals surface area (Å²) < 4.78 is 13.2. The zero-order valence-corrected chi connectivity index (χ0v) is 10.2. The average Bonchev–Trinajstić information content (AvgIpc) is 2.31. The van der Waals surface area contributed by atoms with Gasteiger partial charge < -0.3 is 5.32 Å². The first kappa shape index (κ1) is 13.9. The molecule has 0 aliphatic rings. The van der Waals surface area contributed by atoms with E-state index in [4.69, 9.17) is 0 Å². The van der Waals surface area contributed by atoms with Crippen molar-refractivity contribution in [3.63, 3.8) is 0 Å². The molecular formula is C13H22FN. The van der Waals surface area contributed by atoms with Gasteiger partial charge in [-0.2, -0.15) is 0 Å². The summed E-state index contributed by atoms with van der Waals surface area (Å²) in [6, 6.07) is 5.23. The maximum atomic E-state index is 13.2. The highest BCUT2D eigenvalue weighted by molar-refractivity contribution is 5.47. The van der Waals surface area contributed by atoms with E-state index in [0.29, 0.717) is 5.69 Å². The zero-order chi connectivity index (χ0) is 11.7. The summed E-state index contributed by atoms with van der Waals surface area (Å²) in [7, 11) is 0. The van der Waals surface area contributed by atoms with Gasteiger partial charge in [-0.15, -0.1) is 0 Å². The smallest absolute Gasteiger partial charge is 0.146 e. The fraction of sp³-hybridized carbons (Fsp3) is 0.538. The van der Waals surface area contributed by atoms with E-state index in [2.05, 4.69) is 19.2 Å². The first-order chi connectivity index (χ1) is 7.27. The molecule has 0 spiro atoms. The molecule has 0 saturated heterocycles. The standard InChI is InChI=1S/C11H16FN.C2H6/c1-3-7-13-11-8-9(4-2)5-6-10(11)12;1-2/h5-6,8,13H,3-4,7H2,1-2H3;1-2H3. The molecule has 0 aliphatic heterocycles. The molecule has 0 unspecified atom stereocenters. The Kier molecular flexibility index (Phi) is 7.69. The van der Waals surface area contributed by atoms with Gasteiger partial charge in [0.1, 0.15) is 5.82 Å². The average molecular weight is 211 g/mol. The molecule has 0 aromatic heterocycles. The molecule has 0 heterocycles. The number of hydrogen-bond donors (Lipinski definition) is 1. The maximum Gasteiger partial charge on any atom is 0.146 e. The molecule has 86 valence electrons. The van der Waals surface area contributed by atoms with Crippen LogP contribution in [-0.2, 0) is 6.42 Å². The van der Waals surface area contributed by atoms with Crippen molar-refractivity contribution in [1.82, 2.24) is 0 Å². The highest BCUT2D eigenvalue weighted by Crippen LogP contribution is 2.16. The Morgan fingerprint density at radius 2 is 1.87 bits per heavy atom. The number of hydrogen-bond acceptors (Lipinski definition) is 1. The third-order valence-corrected chi connectivity index (χ3v) is 2.00. The van der Waals surface area contributed by atoms with Gasteiger partial charge in [-0.3, -0.25) is 0 Å². The fourth-order valence-corrected chi connectivity index (χ4v) is 1.19. The first-order valence-electron chi connectivity index (χ1n) is 5.80. The molecule has 0 atom stereocenters. The highest BCUT2D eigenvalue weighted by atomic mass is 19.1. The summed E-state index contributed by atoms with van der Waals surface area (Å²) in [4.78, 5) is 0. The lowest BCUT2D eigenvalue weighted by atomic mass is 10.1. The minimum atomic E-state index is -0.161. The van der Waals surface area contributed by atoms with Crippen molar-refractivity contribution in [2.75, 3.05) is 11.9 Å². The third kappa shape index (κ3) is 4.82. The van der Waals surface area contributed by atoms with Crippen molar-refractivity contribution < 1.29 is 4.39 Å².